The van der Waals surface area contributed by atoms with E-state index in [0.29, 0.717) is 19.4 Å². The van der Waals surface area contributed by atoms with Gasteiger partial charge in [0, 0.05) is 12.6 Å². The van der Waals surface area contributed by atoms with E-state index in [2.05, 4.69) is 12.2 Å². The van der Waals surface area contributed by atoms with Crippen molar-refractivity contribution in [2.45, 2.75) is 58.1 Å². The first kappa shape index (κ1) is 15.0. The van der Waals surface area contributed by atoms with Gasteiger partial charge in [0.1, 0.15) is 6.10 Å². The maximum atomic E-state index is 11.8. The van der Waals surface area contributed by atoms with Crippen molar-refractivity contribution in [2.24, 2.45) is 5.92 Å². The summed E-state index contributed by atoms with van der Waals surface area (Å²) in [6.07, 6.45) is 3.44. The number of carbonyl (C=O) groups excluding carboxylic acids is 1. The van der Waals surface area contributed by atoms with Crippen LogP contribution in [-0.4, -0.2) is 35.7 Å². The Hall–Kier alpha value is -1.10. The molecule has 0 aromatic heterocycles. The highest BCUT2D eigenvalue weighted by molar-refractivity contribution is 5.80. The van der Waals surface area contributed by atoms with Crippen molar-refractivity contribution < 1.29 is 19.4 Å². The van der Waals surface area contributed by atoms with Crippen LogP contribution in [0.4, 0.5) is 0 Å². The second-order valence-corrected chi connectivity index (χ2v) is 4.92. The van der Waals surface area contributed by atoms with E-state index in [0.717, 1.165) is 19.3 Å². The molecule has 0 aromatic rings. The number of aliphatic carboxylic acids is 1. The molecule has 1 fully saturated rings. The Labute approximate surface area is 108 Å². The van der Waals surface area contributed by atoms with E-state index in [-0.39, 0.29) is 17.9 Å². The first-order valence-electron chi connectivity index (χ1n) is 6.69. The van der Waals surface area contributed by atoms with Crippen LogP contribution in [0.3, 0.4) is 0 Å². The molecule has 0 radical (unpaired) electrons. The van der Waals surface area contributed by atoms with Crippen LogP contribution in [0.25, 0.3) is 0 Å². The van der Waals surface area contributed by atoms with Crippen molar-refractivity contribution in [1.29, 1.82) is 0 Å². The Morgan fingerprint density at radius 1 is 1.44 bits per heavy atom. The lowest BCUT2D eigenvalue weighted by Gasteiger charge is -2.17. The lowest BCUT2D eigenvalue weighted by atomic mass is 10.1. The molecule has 1 amide bonds. The molecule has 0 saturated heterocycles. The number of unbranched alkanes of at least 4 members (excludes halogenated alkanes) is 1. The molecule has 5 heteroatoms. The van der Waals surface area contributed by atoms with Gasteiger partial charge in [-0.2, -0.15) is 0 Å². The number of hydrogen-bond acceptors (Lipinski definition) is 3. The second kappa shape index (κ2) is 7.36. The first-order valence-corrected chi connectivity index (χ1v) is 6.69. The average Bonchev–Trinajstić information content (AvgIpc) is 2.77. The van der Waals surface area contributed by atoms with E-state index >= 15 is 0 Å². The number of hydrogen-bond donors (Lipinski definition) is 2. The number of carboxylic acid groups (broad SMARTS) is 1. The van der Waals surface area contributed by atoms with Gasteiger partial charge in [-0.05, 0) is 32.6 Å². The molecule has 0 aromatic carbocycles. The number of carboxylic acids is 1. The Bertz CT molecular complexity index is 293. The lowest BCUT2D eigenvalue weighted by molar-refractivity contribution is -0.141. The van der Waals surface area contributed by atoms with E-state index in [1.165, 1.54) is 0 Å². The van der Waals surface area contributed by atoms with Crippen molar-refractivity contribution in [3.05, 3.63) is 0 Å². The first-order chi connectivity index (χ1) is 8.54. The smallest absolute Gasteiger partial charge is 0.306 e. The third-order valence-electron chi connectivity index (χ3n) is 3.36. The molecule has 18 heavy (non-hydrogen) atoms. The zero-order valence-electron chi connectivity index (χ0n) is 11.1. The molecule has 1 aliphatic rings. The molecule has 1 unspecified atom stereocenters. The summed E-state index contributed by atoms with van der Waals surface area (Å²) in [5.41, 5.74) is 0. The standard InChI is InChI=1S/C13H23NO4/c1-3-4-7-18-9(2)12(15)14-11-6-5-10(8-11)13(16)17/h9-11H,3-8H2,1-2H3,(H,14,15)(H,16,17)/t9?,10-,11+/m0/s1. The van der Waals surface area contributed by atoms with Crippen LogP contribution < -0.4 is 5.32 Å². The highest BCUT2D eigenvalue weighted by Gasteiger charge is 2.31. The van der Waals surface area contributed by atoms with Gasteiger partial charge in [-0.15, -0.1) is 0 Å². The van der Waals surface area contributed by atoms with Crippen molar-refractivity contribution in [3.63, 3.8) is 0 Å². The minimum atomic E-state index is -0.765. The summed E-state index contributed by atoms with van der Waals surface area (Å²) < 4.78 is 5.40. The molecule has 2 N–H and O–H groups in total. The van der Waals surface area contributed by atoms with Gasteiger partial charge in [0.25, 0.3) is 0 Å². The highest BCUT2D eigenvalue weighted by atomic mass is 16.5. The fraction of sp³-hybridized carbons (Fsp3) is 0.846. The molecular formula is C13H23NO4. The fourth-order valence-electron chi connectivity index (χ4n) is 2.14. The molecule has 104 valence electrons. The predicted octanol–water partition coefficient (Wildman–Crippen LogP) is 1.56. The van der Waals surface area contributed by atoms with Gasteiger partial charge in [-0.3, -0.25) is 9.59 Å². The number of ether oxygens (including phenoxy) is 1. The summed E-state index contributed by atoms with van der Waals surface area (Å²) in [5.74, 6) is -1.22. The summed E-state index contributed by atoms with van der Waals surface area (Å²) >= 11 is 0. The van der Waals surface area contributed by atoms with Crippen LogP contribution in [0.1, 0.15) is 46.0 Å². The van der Waals surface area contributed by atoms with E-state index in [4.69, 9.17) is 9.84 Å². The average molecular weight is 257 g/mol. The Morgan fingerprint density at radius 3 is 2.72 bits per heavy atom. The molecule has 5 nitrogen and oxygen atoms in total. The molecule has 0 spiro atoms. The molecular weight excluding hydrogens is 234 g/mol. The van der Waals surface area contributed by atoms with Gasteiger partial charge in [0.05, 0.1) is 5.92 Å². The zero-order chi connectivity index (χ0) is 13.5. The zero-order valence-corrected chi connectivity index (χ0v) is 11.1. The van der Waals surface area contributed by atoms with Crippen LogP contribution in [0.15, 0.2) is 0 Å². The predicted molar refractivity (Wildman–Crippen MR) is 67.2 cm³/mol. The summed E-state index contributed by atoms with van der Waals surface area (Å²) in [7, 11) is 0. The van der Waals surface area contributed by atoms with E-state index in [1.54, 1.807) is 6.92 Å². The fourth-order valence-corrected chi connectivity index (χ4v) is 2.14. The quantitative estimate of drug-likeness (QED) is 0.679. The topological polar surface area (TPSA) is 75.6 Å². The monoisotopic (exact) mass is 257 g/mol. The summed E-state index contributed by atoms with van der Waals surface area (Å²) in [5, 5.41) is 11.7. The molecule has 0 aliphatic heterocycles. The van der Waals surface area contributed by atoms with Crippen LogP contribution in [-0.2, 0) is 14.3 Å². The van der Waals surface area contributed by atoms with Gasteiger partial charge in [-0.1, -0.05) is 13.3 Å². The molecule has 1 aliphatic carbocycles. The Balaban J connectivity index is 2.26. The summed E-state index contributed by atoms with van der Waals surface area (Å²) in [6.45, 7) is 4.39. The Kier molecular flexibility index (Phi) is 6.12. The SMILES string of the molecule is CCCCOC(C)C(=O)N[C@@H]1CC[C@H](C(=O)O)C1. The third kappa shape index (κ3) is 4.64. The number of amides is 1. The lowest BCUT2D eigenvalue weighted by Crippen LogP contribution is -2.40. The minimum Gasteiger partial charge on any atom is -0.481 e. The number of carbonyl (C=O) groups is 2. The van der Waals surface area contributed by atoms with E-state index in [1.807, 2.05) is 0 Å². The molecule has 1 rings (SSSR count). The van der Waals surface area contributed by atoms with Gasteiger partial charge in [0.15, 0.2) is 0 Å². The van der Waals surface area contributed by atoms with Crippen LogP contribution in [0, 0.1) is 5.92 Å². The van der Waals surface area contributed by atoms with Gasteiger partial charge < -0.3 is 15.2 Å². The van der Waals surface area contributed by atoms with E-state index in [9.17, 15) is 9.59 Å². The number of nitrogens with one attached hydrogen (secondary N) is 1. The van der Waals surface area contributed by atoms with E-state index < -0.39 is 12.1 Å². The van der Waals surface area contributed by atoms with Crippen molar-refractivity contribution in [1.82, 2.24) is 5.32 Å². The number of rotatable bonds is 7. The molecule has 0 bridgehead atoms. The molecule has 3 atom stereocenters. The van der Waals surface area contributed by atoms with Crippen LogP contribution in [0.5, 0.6) is 0 Å². The molecule has 0 heterocycles. The normalized spacial score (nSPS) is 24.8. The minimum absolute atomic E-state index is 0.0178. The van der Waals surface area contributed by atoms with Crippen LogP contribution >= 0.6 is 0 Å². The third-order valence-corrected chi connectivity index (χ3v) is 3.36. The second-order valence-electron chi connectivity index (χ2n) is 4.92. The van der Waals surface area contributed by atoms with Crippen molar-refractivity contribution in [3.8, 4) is 0 Å². The van der Waals surface area contributed by atoms with Gasteiger partial charge in [-0.25, -0.2) is 0 Å². The maximum Gasteiger partial charge on any atom is 0.306 e. The molecule has 1 saturated carbocycles. The van der Waals surface area contributed by atoms with Crippen LogP contribution in [0.2, 0.25) is 0 Å². The highest BCUT2D eigenvalue weighted by Crippen LogP contribution is 2.25. The maximum absolute atomic E-state index is 11.8. The van der Waals surface area contributed by atoms with Gasteiger partial charge in [0.2, 0.25) is 5.91 Å². The largest absolute Gasteiger partial charge is 0.481 e. The summed E-state index contributed by atoms with van der Waals surface area (Å²) in [4.78, 5) is 22.6. The Morgan fingerprint density at radius 2 is 2.17 bits per heavy atom. The van der Waals surface area contributed by atoms with Gasteiger partial charge >= 0.3 is 5.97 Å². The summed E-state index contributed by atoms with van der Waals surface area (Å²) in [6, 6.07) is -0.0178. The van der Waals surface area contributed by atoms with Crippen molar-refractivity contribution in [2.75, 3.05) is 6.61 Å². The van der Waals surface area contributed by atoms with Crippen molar-refractivity contribution >= 4 is 11.9 Å².